The minimum Gasteiger partial charge on any atom is -0.339 e. The van der Waals surface area contributed by atoms with E-state index in [9.17, 15) is 0 Å². The molecule has 4 aromatic rings. The molecule has 0 radical (unpaired) electrons. The highest BCUT2D eigenvalue weighted by atomic mass is 35.5. The summed E-state index contributed by atoms with van der Waals surface area (Å²) in [5, 5.41) is 7.80. The van der Waals surface area contributed by atoms with Crippen LogP contribution in [0.2, 0.25) is 0 Å². The SMILES string of the molecule is Cc1ccccc1Nc1nc(Nc2ccccc2C)c2ccccc2n1.Cl. The fourth-order valence-electron chi connectivity index (χ4n) is 2.90. The summed E-state index contributed by atoms with van der Waals surface area (Å²) in [6.45, 7) is 4.15. The summed E-state index contributed by atoms with van der Waals surface area (Å²) in [6, 6.07) is 24.3. The second kappa shape index (κ2) is 8.06. The number of fused-ring (bicyclic) bond motifs is 1. The average molecular weight is 377 g/mol. The fourth-order valence-corrected chi connectivity index (χ4v) is 2.90. The van der Waals surface area contributed by atoms with Crippen molar-refractivity contribution in [3.05, 3.63) is 83.9 Å². The smallest absolute Gasteiger partial charge is 0.229 e. The fraction of sp³-hybridized carbons (Fsp3) is 0.0909. The lowest BCUT2D eigenvalue weighted by Gasteiger charge is -2.14. The monoisotopic (exact) mass is 376 g/mol. The number of benzene rings is 3. The molecule has 27 heavy (non-hydrogen) atoms. The Labute approximate surface area is 165 Å². The molecule has 0 unspecified atom stereocenters. The van der Waals surface area contributed by atoms with Gasteiger partial charge in [0.05, 0.1) is 5.52 Å². The molecule has 2 N–H and O–H groups in total. The number of hydrogen-bond acceptors (Lipinski definition) is 4. The summed E-state index contributed by atoms with van der Waals surface area (Å²) in [5.41, 5.74) is 5.26. The molecule has 1 heterocycles. The number of aryl methyl sites for hydroxylation is 2. The Morgan fingerprint density at radius 1 is 0.630 bits per heavy atom. The van der Waals surface area contributed by atoms with Gasteiger partial charge in [-0.3, -0.25) is 0 Å². The Morgan fingerprint density at radius 3 is 1.85 bits per heavy atom. The molecule has 0 aliphatic rings. The second-order valence-electron chi connectivity index (χ2n) is 6.29. The first kappa shape index (κ1) is 18.7. The molecule has 0 bridgehead atoms. The zero-order valence-electron chi connectivity index (χ0n) is 15.2. The molecular weight excluding hydrogens is 356 g/mol. The molecule has 4 rings (SSSR count). The first-order valence-electron chi connectivity index (χ1n) is 8.63. The van der Waals surface area contributed by atoms with Crippen molar-refractivity contribution in [1.29, 1.82) is 0 Å². The van der Waals surface area contributed by atoms with Crippen molar-refractivity contribution < 1.29 is 0 Å². The highest BCUT2D eigenvalue weighted by molar-refractivity contribution is 5.92. The van der Waals surface area contributed by atoms with E-state index in [0.29, 0.717) is 5.95 Å². The highest BCUT2D eigenvalue weighted by Gasteiger charge is 2.09. The lowest BCUT2D eigenvalue weighted by molar-refractivity contribution is 1.20. The van der Waals surface area contributed by atoms with Crippen molar-refractivity contribution >= 4 is 46.5 Å². The van der Waals surface area contributed by atoms with Crippen molar-refractivity contribution in [3.63, 3.8) is 0 Å². The van der Waals surface area contributed by atoms with Crippen molar-refractivity contribution in [2.24, 2.45) is 0 Å². The molecule has 5 heteroatoms. The molecule has 0 fully saturated rings. The molecule has 0 spiro atoms. The lowest BCUT2D eigenvalue weighted by atomic mass is 10.2. The minimum atomic E-state index is 0. The number of hydrogen-bond donors (Lipinski definition) is 2. The van der Waals surface area contributed by atoms with E-state index in [1.807, 2.05) is 54.6 Å². The van der Waals surface area contributed by atoms with Gasteiger partial charge in [0.1, 0.15) is 5.82 Å². The van der Waals surface area contributed by atoms with Crippen LogP contribution in [0.1, 0.15) is 11.1 Å². The first-order valence-corrected chi connectivity index (χ1v) is 8.63. The Balaban J connectivity index is 0.00000210. The molecule has 0 saturated carbocycles. The van der Waals surface area contributed by atoms with Crippen LogP contribution in [0.15, 0.2) is 72.8 Å². The number of para-hydroxylation sites is 3. The van der Waals surface area contributed by atoms with Gasteiger partial charge < -0.3 is 10.6 Å². The van der Waals surface area contributed by atoms with Gasteiger partial charge in [0.25, 0.3) is 0 Å². The summed E-state index contributed by atoms with van der Waals surface area (Å²) in [4.78, 5) is 9.41. The van der Waals surface area contributed by atoms with Gasteiger partial charge in [0.2, 0.25) is 5.95 Å². The third-order valence-corrected chi connectivity index (χ3v) is 4.39. The third-order valence-electron chi connectivity index (χ3n) is 4.39. The van der Waals surface area contributed by atoms with Crippen LogP contribution in [-0.2, 0) is 0 Å². The summed E-state index contributed by atoms with van der Waals surface area (Å²) in [7, 11) is 0. The molecule has 0 aliphatic carbocycles. The molecule has 3 aromatic carbocycles. The zero-order chi connectivity index (χ0) is 17.9. The highest BCUT2D eigenvalue weighted by Crippen LogP contribution is 2.28. The van der Waals surface area contributed by atoms with E-state index in [1.54, 1.807) is 0 Å². The van der Waals surface area contributed by atoms with Crippen molar-refractivity contribution in [1.82, 2.24) is 9.97 Å². The van der Waals surface area contributed by atoms with Crippen LogP contribution in [0, 0.1) is 13.8 Å². The maximum absolute atomic E-state index is 4.74. The number of aromatic nitrogens is 2. The largest absolute Gasteiger partial charge is 0.339 e. The topological polar surface area (TPSA) is 49.8 Å². The van der Waals surface area contributed by atoms with Crippen LogP contribution < -0.4 is 10.6 Å². The Hall–Kier alpha value is -3.11. The van der Waals surface area contributed by atoms with Crippen LogP contribution >= 0.6 is 12.4 Å². The van der Waals surface area contributed by atoms with Crippen LogP contribution in [-0.4, -0.2) is 9.97 Å². The number of halogens is 1. The molecule has 0 saturated heterocycles. The number of nitrogens with zero attached hydrogens (tertiary/aromatic N) is 2. The molecule has 0 amide bonds. The quantitative estimate of drug-likeness (QED) is 0.448. The van der Waals surface area contributed by atoms with Gasteiger partial charge in [-0.1, -0.05) is 48.5 Å². The third kappa shape index (κ3) is 4.01. The zero-order valence-corrected chi connectivity index (χ0v) is 16.0. The second-order valence-corrected chi connectivity index (χ2v) is 6.29. The maximum Gasteiger partial charge on any atom is 0.229 e. The molecule has 1 aromatic heterocycles. The van der Waals surface area contributed by atoms with Crippen LogP contribution in [0.3, 0.4) is 0 Å². The van der Waals surface area contributed by atoms with Gasteiger partial charge in [-0.2, -0.15) is 4.98 Å². The van der Waals surface area contributed by atoms with Crippen LogP contribution in [0.4, 0.5) is 23.1 Å². The van der Waals surface area contributed by atoms with Gasteiger partial charge in [0, 0.05) is 16.8 Å². The summed E-state index contributed by atoms with van der Waals surface area (Å²) < 4.78 is 0. The van der Waals surface area contributed by atoms with Gasteiger partial charge in [0.15, 0.2) is 0 Å². The molecule has 136 valence electrons. The summed E-state index contributed by atoms with van der Waals surface area (Å²) in [5.74, 6) is 1.37. The van der Waals surface area contributed by atoms with Gasteiger partial charge >= 0.3 is 0 Å². The normalized spacial score (nSPS) is 10.3. The first-order chi connectivity index (χ1) is 12.7. The van der Waals surface area contributed by atoms with E-state index in [0.717, 1.165) is 33.7 Å². The van der Waals surface area contributed by atoms with E-state index in [-0.39, 0.29) is 12.4 Å². The van der Waals surface area contributed by atoms with Gasteiger partial charge in [-0.15, -0.1) is 12.4 Å². The standard InChI is InChI=1S/C22H20N4.ClH/c1-15-9-3-6-12-18(15)23-21-17-11-5-8-14-20(17)25-22(26-21)24-19-13-7-4-10-16(19)2;/h3-14H,1-2H3,(H2,23,24,25,26);1H. The molecular formula is C22H21ClN4. The number of rotatable bonds is 4. The average Bonchev–Trinajstić information content (AvgIpc) is 2.65. The van der Waals surface area contributed by atoms with E-state index in [4.69, 9.17) is 4.98 Å². The predicted octanol–water partition coefficient (Wildman–Crippen LogP) is 6.16. The van der Waals surface area contributed by atoms with E-state index in [2.05, 4.69) is 47.7 Å². The predicted molar refractivity (Wildman–Crippen MR) is 116 cm³/mol. The van der Waals surface area contributed by atoms with Crippen molar-refractivity contribution in [2.45, 2.75) is 13.8 Å². The van der Waals surface area contributed by atoms with E-state index < -0.39 is 0 Å². The van der Waals surface area contributed by atoms with Crippen molar-refractivity contribution in [3.8, 4) is 0 Å². The number of anilines is 4. The van der Waals surface area contributed by atoms with Crippen molar-refractivity contribution in [2.75, 3.05) is 10.6 Å². The Kier molecular flexibility index (Phi) is 5.57. The minimum absolute atomic E-state index is 0. The molecule has 0 aliphatic heterocycles. The van der Waals surface area contributed by atoms with Gasteiger partial charge in [-0.25, -0.2) is 4.98 Å². The van der Waals surface area contributed by atoms with E-state index >= 15 is 0 Å². The summed E-state index contributed by atoms with van der Waals surface area (Å²) >= 11 is 0. The lowest BCUT2D eigenvalue weighted by Crippen LogP contribution is -2.03. The molecule has 0 atom stereocenters. The Bertz CT molecular complexity index is 1080. The van der Waals surface area contributed by atoms with Crippen LogP contribution in [0.5, 0.6) is 0 Å². The Morgan fingerprint density at radius 2 is 1.19 bits per heavy atom. The van der Waals surface area contributed by atoms with Crippen LogP contribution in [0.25, 0.3) is 10.9 Å². The maximum atomic E-state index is 4.74. The van der Waals surface area contributed by atoms with Gasteiger partial charge in [-0.05, 0) is 49.2 Å². The summed E-state index contributed by atoms with van der Waals surface area (Å²) in [6.07, 6.45) is 0. The molecule has 4 nitrogen and oxygen atoms in total. The number of nitrogens with one attached hydrogen (secondary N) is 2. The van der Waals surface area contributed by atoms with E-state index in [1.165, 1.54) is 5.56 Å².